The number of anilines is 1. The van der Waals surface area contributed by atoms with Gasteiger partial charge in [-0.05, 0) is 56.7 Å². The predicted molar refractivity (Wildman–Crippen MR) is 122 cm³/mol. The number of pyridine rings is 2. The zero-order valence-electron chi connectivity index (χ0n) is 18.2. The highest BCUT2D eigenvalue weighted by Crippen LogP contribution is 2.20. The fourth-order valence-electron chi connectivity index (χ4n) is 3.64. The third-order valence-electron chi connectivity index (χ3n) is 5.38. The number of carboxylic acid groups (broad SMARTS) is 1. The number of hydrogen-bond donors (Lipinski definition) is 3. The van der Waals surface area contributed by atoms with Gasteiger partial charge in [-0.15, -0.1) is 0 Å². The smallest absolute Gasteiger partial charge is 0.326 e. The minimum Gasteiger partial charge on any atom is -0.480 e. The summed E-state index contributed by atoms with van der Waals surface area (Å²) in [6.07, 6.45) is 7.86. The molecule has 2 aromatic rings. The average molecular weight is 461 g/mol. The maximum absolute atomic E-state index is 12.5. The Bertz CT molecular complexity index is 933. The molecule has 1 amide bonds. The Balaban J connectivity index is 1.36. The summed E-state index contributed by atoms with van der Waals surface area (Å²) in [5.74, 6) is -1.65. The lowest BCUT2D eigenvalue weighted by Crippen LogP contribution is -2.42. The van der Waals surface area contributed by atoms with Gasteiger partial charge in [-0.1, -0.05) is 11.6 Å². The number of nitrogens with zero attached hydrogens (tertiary/aromatic N) is 2. The lowest BCUT2D eigenvalue weighted by Gasteiger charge is -2.17. The van der Waals surface area contributed by atoms with Crippen LogP contribution in [-0.4, -0.2) is 52.8 Å². The summed E-state index contributed by atoms with van der Waals surface area (Å²) in [5.41, 5.74) is 4.20. The van der Waals surface area contributed by atoms with E-state index in [-0.39, 0.29) is 23.6 Å². The SMILES string of the molecule is Cc1cncc(Cl)c1C(=O)NC(CCOCCCCc1ccc2c(n1)CCCN2)C(=O)O. The number of rotatable bonds is 11. The standard InChI is InChI=1S/C23H29ClN4O4/c1-15-13-25-14-17(24)21(15)22(29)28-20(23(30)31)9-12-32-11-3-2-5-16-7-8-18-19(27-16)6-4-10-26-18/h7-8,13-14,20,26H,2-6,9-12H2,1H3,(H,28,29)(H,30,31). The van der Waals surface area contributed by atoms with E-state index in [0.717, 1.165) is 55.7 Å². The number of fused-ring (bicyclic) bond motifs is 1. The molecule has 0 saturated heterocycles. The average Bonchev–Trinajstić information content (AvgIpc) is 2.77. The first-order chi connectivity index (χ1) is 15.5. The number of aliphatic carboxylic acids is 1. The molecule has 3 rings (SSSR count). The molecule has 1 unspecified atom stereocenters. The minimum atomic E-state index is -1.11. The van der Waals surface area contributed by atoms with E-state index in [9.17, 15) is 14.7 Å². The van der Waals surface area contributed by atoms with Crippen molar-refractivity contribution < 1.29 is 19.4 Å². The summed E-state index contributed by atoms with van der Waals surface area (Å²) in [4.78, 5) is 32.6. The molecule has 0 radical (unpaired) electrons. The van der Waals surface area contributed by atoms with Crippen molar-refractivity contribution in [2.75, 3.05) is 25.1 Å². The number of carboxylic acids is 1. The molecule has 8 nitrogen and oxygen atoms in total. The zero-order valence-corrected chi connectivity index (χ0v) is 19.0. The Morgan fingerprint density at radius 2 is 2.12 bits per heavy atom. The van der Waals surface area contributed by atoms with Gasteiger partial charge in [0.25, 0.3) is 5.91 Å². The Hall–Kier alpha value is -2.71. The van der Waals surface area contributed by atoms with Crippen molar-refractivity contribution in [1.82, 2.24) is 15.3 Å². The molecular weight excluding hydrogens is 432 g/mol. The number of carbonyl (C=O) groups excluding carboxylic acids is 1. The van der Waals surface area contributed by atoms with Crippen LogP contribution < -0.4 is 10.6 Å². The first-order valence-electron chi connectivity index (χ1n) is 10.9. The number of halogens is 1. The molecular formula is C23H29ClN4O4. The van der Waals surface area contributed by atoms with Gasteiger partial charge >= 0.3 is 5.97 Å². The Morgan fingerprint density at radius 1 is 1.28 bits per heavy atom. The number of ether oxygens (including phenoxy) is 1. The van der Waals surface area contributed by atoms with Crippen LogP contribution >= 0.6 is 11.6 Å². The normalized spacial score (nSPS) is 13.7. The molecule has 1 aliphatic rings. The van der Waals surface area contributed by atoms with Gasteiger partial charge in [0.2, 0.25) is 0 Å². The van der Waals surface area contributed by atoms with E-state index in [1.807, 2.05) is 0 Å². The van der Waals surface area contributed by atoms with Crippen molar-refractivity contribution in [1.29, 1.82) is 0 Å². The monoisotopic (exact) mass is 460 g/mol. The van der Waals surface area contributed by atoms with Crippen LogP contribution in [0.1, 0.15) is 53.0 Å². The molecule has 9 heteroatoms. The second-order valence-electron chi connectivity index (χ2n) is 7.86. The Labute approximate surface area is 192 Å². The van der Waals surface area contributed by atoms with Gasteiger partial charge in [-0.2, -0.15) is 0 Å². The molecule has 0 aromatic carbocycles. The van der Waals surface area contributed by atoms with E-state index in [1.54, 1.807) is 6.92 Å². The second-order valence-corrected chi connectivity index (χ2v) is 8.27. The van der Waals surface area contributed by atoms with Gasteiger partial charge in [0, 0.05) is 44.3 Å². The lowest BCUT2D eigenvalue weighted by atomic mass is 10.1. The fraction of sp³-hybridized carbons (Fsp3) is 0.478. The summed E-state index contributed by atoms with van der Waals surface area (Å²) >= 11 is 6.04. The van der Waals surface area contributed by atoms with Crippen molar-refractivity contribution in [3.8, 4) is 0 Å². The highest BCUT2D eigenvalue weighted by atomic mass is 35.5. The van der Waals surface area contributed by atoms with Gasteiger partial charge < -0.3 is 20.5 Å². The van der Waals surface area contributed by atoms with Crippen molar-refractivity contribution in [3.05, 3.63) is 52.1 Å². The summed E-state index contributed by atoms with van der Waals surface area (Å²) in [7, 11) is 0. The maximum Gasteiger partial charge on any atom is 0.326 e. The number of carbonyl (C=O) groups is 2. The molecule has 3 N–H and O–H groups in total. The van der Waals surface area contributed by atoms with Crippen LogP contribution in [0.4, 0.5) is 5.69 Å². The summed E-state index contributed by atoms with van der Waals surface area (Å²) in [5, 5.41) is 15.5. The maximum atomic E-state index is 12.5. The molecule has 1 atom stereocenters. The van der Waals surface area contributed by atoms with Crippen LogP contribution in [0.15, 0.2) is 24.5 Å². The third kappa shape index (κ3) is 6.64. The first-order valence-corrected chi connectivity index (χ1v) is 11.3. The summed E-state index contributed by atoms with van der Waals surface area (Å²) in [6.45, 7) is 3.48. The first kappa shape index (κ1) is 23.9. The number of amides is 1. The van der Waals surface area contributed by atoms with E-state index in [2.05, 4.69) is 27.8 Å². The lowest BCUT2D eigenvalue weighted by molar-refractivity contribution is -0.139. The van der Waals surface area contributed by atoms with E-state index < -0.39 is 17.9 Å². The van der Waals surface area contributed by atoms with Crippen LogP contribution in [0.25, 0.3) is 0 Å². The van der Waals surface area contributed by atoms with E-state index in [1.165, 1.54) is 12.4 Å². The van der Waals surface area contributed by atoms with Crippen LogP contribution in [0, 0.1) is 6.92 Å². The van der Waals surface area contributed by atoms with Crippen LogP contribution in [0.5, 0.6) is 0 Å². The summed E-state index contributed by atoms with van der Waals surface area (Å²) < 4.78 is 5.60. The van der Waals surface area contributed by atoms with Gasteiger partial charge in [-0.3, -0.25) is 14.8 Å². The van der Waals surface area contributed by atoms with Crippen molar-refractivity contribution in [2.24, 2.45) is 0 Å². The van der Waals surface area contributed by atoms with Gasteiger partial charge in [0.05, 0.1) is 22.0 Å². The van der Waals surface area contributed by atoms with Crippen LogP contribution in [-0.2, 0) is 22.4 Å². The molecule has 0 saturated carbocycles. The molecule has 172 valence electrons. The minimum absolute atomic E-state index is 0.169. The highest BCUT2D eigenvalue weighted by Gasteiger charge is 2.23. The number of aryl methyl sites for hydroxylation is 3. The molecule has 0 fully saturated rings. The molecule has 1 aliphatic heterocycles. The summed E-state index contributed by atoms with van der Waals surface area (Å²) in [6, 6.07) is 3.11. The molecule has 0 bridgehead atoms. The van der Waals surface area contributed by atoms with E-state index >= 15 is 0 Å². The molecule has 2 aromatic heterocycles. The Kier molecular flexibility index (Phi) is 8.81. The zero-order chi connectivity index (χ0) is 22.9. The molecule has 3 heterocycles. The number of nitrogens with one attached hydrogen (secondary N) is 2. The molecule has 0 aliphatic carbocycles. The van der Waals surface area contributed by atoms with Crippen LogP contribution in [0.2, 0.25) is 5.02 Å². The number of unbranched alkanes of at least 4 members (excludes halogenated alkanes) is 1. The quantitative estimate of drug-likeness (QED) is 0.440. The molecule has 32 heavy (non-hydrogen) atoms. The number of hydrogen-bond acceptors (Lipinski definition) is 6. The fourth-order valence-corrected chi connectivity index (χ4v) is 3.93. The van der Waals surface area contributed by atoms with Crippen LogP contribution in [0.3, 0.4) is 0 Å². The van der Waals surface area contributed by atoms with Gasteiger partial charge in [0.1, 0.15) is 6.04 Å². The van der Waals surface area contributed by atoms with Gasteiger partial charge in [-0.25, -0.2) is 4.79 Å². The third-order valence-corrected chi connectivity index (χ3v) is 5.67. The number of aromatic nitrogens is 2. The van der Waals surface area contributed by atoms with Crippen molar-refractivity contribution in [3.63, 3.8) is 0 Å². The molecule has 0 spiro atoms. The highest BCUT2D eigenvalue weighted by molar-refractivity contribution is 6.33. The topological polar surface area (TPSA) is 113 Å². The van der Waals surface area contributed by atoms with E-state index in [4.69, 9.17) is 21.3 Å². The van der Waals surface area contributed by atoms with Crippen molar-refractivity contribution in [2.45, 2.75) is 51.5 Å². The second kappa shape index (κ2) is 11.8. The van der Waals surface area contributed by atoms with E-state index in [0.29, 0.717) is 12.2 Å². The van der Waals surface area contributed by atoms with Crippen molar-refractivity contribution >= 4 is 29.2 Å². The largest absolute Gasteiger partial charge is 0.480 e. The van der Waals surface area contributed by atoms with Gasteiger partial charge in [0.15, 0.2) is 0 Å². The Morgan fingerprint density at radius 3 is 2.91 bits per heavy atom. The predicted octanol–water partition coefficient (Wildman–Crippen LogP) is 3.41.